The summed E-state index contributed by atoms with van der Waals surface area (Å²) < 4.78 is 0. The number of piperidine rings is 1. The summed E-state index contributed by atoms with van der Waals surface area (Å²) in [7, 11) is 0. The number of aromatic hydroxyl groups is 1. The van der Waals surface area contributed by atoms with Gasteiger partial charge in [-0.05, 0) is 44.6 Å². The lowest BCUT2D eigenvalue weighted by atomic mass is 10.1. The van der Waals surface area contributed by atoms with Gasteiger partial charge in [0.1, 0.15) is 5.75 Å². The molecule has 0 unspecified atom stereocenters. The molecule has 1 saturated heterocycles. The van der Waals surface area contributed by atoms with E-state index in [0.29, 0.717) is 6.04 Å². The van der Waals surface area contributed by atoms with Gasteiger partial charge < -0.3 is 15.3 Å². The Hall–Kier alpha value is -1.13. The SMILES string of the molecule is CCN1CCC(NCc2ccc(O)cn2)CC1. The number of pyridine rings is 1. The highest BCUT2D eigenvalue weighted by molar-refractivity contribution is 5.17. The van der Waals surface area contributed by atoms with Gasteiger partial charge in [-0.1, -0.05) is 6.92 Å². The molecule has 94 valence electrons. The van der Waals surface area contributed by atoms with Crippen LogP contribution in [0.15, 0.2) is 18.3 Å². The Morgan fingerprint density at radius 1 is 1.41 bits per heavy atom. The van der Waals surface area contributed by atoms with Crippen molar-refractivity contribution in [2.45, 2.75) is 32.4 Å². The van der Waals surface area contributed by atoms with Gasteiger partial charge in [-0.15, -0.1) is 0 Å². The molecule has 0 bridgehead atoms. The van der Waals surface area contributed by atoms with Gasteiger partial charge in [0.25, 0.3) is 0 Å². The maximum Gasteiger partial charge on any atom is 0.133 e. The second-order valence-electron chi connectivity index (χ2n) is 4.60. The molecule has 0 aromatic carbocycles. The van der Waals surface area contributed by atoms with Crippen LogP contribution in [0, 0.1) is 0 Å². The second-order valence-corrected chi connectivity index (χ2v) is 4.60. The third kappa shape index (κ3) is 3.68. The van der Waals surface area contributed by atoms with Crippen LogP contribution in [0.4, 0.5) is 0 Å². The lowest BCUT2D eigenvalue weighted by molar-refractivity contribution is 0.205. The van der Waals surface area contributed by atoms with Gasteiger partial charge in [0, 0.05) is 12.6 Å². The van der Waals surface area contributed by atoms with Crippen molar-refractivity contribution in [3.05, 3.63) is 24.0 Å². The summed E-state index contributed by atoms with van der Waals surface area (Å²) >= 11 is 0. The first-order chi connectivity index (χ1) is 8.28. The van der Waals surface area contributed by atoms with Crippen LogP contribution in [-0.4, -0.2) is 40.7 Å². The van der Waals surface area contributed by atoms with Crippen molar-refractivity contribution in [3.63, 3.8) is 0 Å². The van der Waals surface area contributed by atoms with Gasteiger partial charge in [-0.3, -0.25) is 4.98 Å². The van der Waals surface area contributed by atoms with Gasteiger partial charge in [0.15, 0.2) is 0 Å². The predicted octanol–water partition coefficient (Wildman–Crippen LogP) is 1.36. The standard InChI is InChI=1S/C13H21N3O/c1-2-16-7-5-11(6-8-16)14-9-12-3-4-13(17)10-15-12/h3-4,10-11,14,17H,2,5-9H2,1H3. The molecule has 1 fully saturated rings. The first-order valence-electron chi connectivity index (χ1n) is 6.37. The molecule has 1 aliphatic heterocycles. The average molecular weight is 235 g/mol. The molecule has 2 rings (SSSR count). The highest BCUT2D eigenvalue weighted by atomic mass is 16.3. The van der Waals surface area contributed by atoms with E-state index in [4.69, 9.17) is 5.11 Å². The molecule has 2 heterocycles. The minimum Gasteiger partial charge on any atom is -0.506 e. The van der Waals surface area contributed by atoms with Crippen molar-refractivity contribution in [1.29, 1.82) is 0 Å². The van der Waals surface area contributed by atoms with Gasteiger partial charge in [0.2, 0.25) is 0 Å². The molecule has 0 amide bonds. The van der Waals surface area contributed by atoms with Crippen molar-refractivity contribution < 1.29 is 5.11 Å². The van der Waals surface area contributed by atoms with Crippen LogP contribution in [0.25, 0.3) is 0 Å². The summed E-state index contributed by atoms with van der Waals surface area (Å²) in [4.78, 5) is 6.65. The Bertz CT molecular complexity index is 331. The van der Waals surface area contributed by atoms with E-state index < -0.39 is 0 Å². The normalized spacial score (nSPS) is 18.4. The van der Waals surface area contributed by atoms with Gasteiger partial charge in [-0.2, -0.15) is 0 Å². The number of aromatic nitrogens is 1. The largest absolute Gasteiger partial charge is 0.506 e. The Labute approximate surface area is 103 Å². The fraction of sp³-hybridized carbons (Fsp3) is 0.615. The molecule has 2 N–H and O–H groups in total. The van der Waals surface area contributed by atoms with E-state index in [0.717, 1.165) is 18.8 Å². The third-order valence-electron chi connectivity index (χ3n) is 3.42. The Balaban J connectivity index is 1.74. The third-order valence-corrected chi connectivity index (χ3v) is 3.42. The van der Waals surface area contributed by atoms with Gasteiger partial charge in [0.05, 0.1) is 11.9 Å². The summed E-state index contributed by atoms with van der Waals surface area (Å²) in [5.74, 6) is 0.227. The molecule has 0 spiro atoms. The van der Waals surface area contributed by atoms with E-state index in [1.807, 2.05) is 6.07 Å². The molecule has 0 saturated carbocycles. The lowest BCUT2D eigenvalue weighted by Gasteiger charge is -2.31. The van der Waals surface area contributed by atoms with Crippen molar-refractivity contribution >= 4 is 0 Å². The maximum atomic E-state index is 9.14. The molecule has 1 aliphatic rings. The van der Waals surface area contributed by atoms with Crippen LogP contribution >= 0.6 is 0 Å². The highest BCUT2D eigenvalue weighted by Crippen LogP contribution is 2.11. The number of rotatable bonds is 4. The molecule has 1 aromatic heterocycles. The van der Waals surface area contributed by atoms with Crippen LogP contribution in [0.3, 0.4) is 0 Å². The molecule has 0 radical (unpaired) electrons. The van der Waals surface area contributed by atoms with Crippen molar-refractivity contribution in [2.24, 2.45) is 0 Å². The number of likely N-dealkylation sites (tertiary alicyclic amines) is 1. The predicted molar refractivity (Wildman–Crippen MR) is 67.9 cm³/mol. The zero-order valence-corrected chi connectivity index (χ0v) is 10.4. The monoisotopic (exact) mass is 235 g/mol. The van der Waals surface area contributed by atoms with E-state index in [1.165, 1.54) is 32.1 Å². The summed E-state index contributed by atoms with van der Waals surface area (Å²) in [6.45, 7) is 6.55. The number of hydrogen-bond donors (Lipinski definition) is 2. The number of nitrogens with zero attached hydrogens (tertiary/aromatic N) is 2. The Kier molecular flexibility index (Phi) is 4.34. The second kappa shape index (κ2) is 5.98. The molecule has 0 aliphatic carbocycles. The molecular weight excluding hydrogens is 214 g/mol. The fourth-order valence-electron chi connectivity index (χ4n) is 2.22. The van der Waals surface area contributed by atoms with Gasteiger partial charge in [-0.25, -0.2) is 0 Å². The van der Waals surface area contributed by atoms with Crippen LogP contribution in [0.1, 0.15) is 25.5 Å². The number of hydrogen-bond acceptors (Lipinski definition) is 4. The Morgan fingerprint density at radius 2 is 2.18 bits per heavy atom. The Morgan fingerprint density at radius 3 is 2.76 bits per heavy atom. The minimum atomic E-state index is 0.227. The summed E-state index contributed by atoms with van der Waals surface area (Å²) in [5.41, 5.74) is 0.987. The van der Waals surface area contributed by atoms with Crippen molar-refractivity contribution in [3.8, 4) is 5.75 Å². The van der Waals surface area contributed by atoms with Gasteiger partial charge >= 0.3 is 0 Å². The van der Waals surface area contributed by atoms with Crippen LogP contribution in [0.2, 0.25) is 0 Å². The lowest BCUT2D eigenvalue weighted by Crippen LogP contribution is -2.42. The molecule has 4 heteroatoms. The first-order valence-corrected chi connectivity index (χ1v) is 6.37. The highest BCUT2D eigenvalue weighted by Gasteiger charge is 2.17. The maximum absolute atomic E-state index is 9.14. The molecular formula is C13H21N3O. The fourth-order valence-corrected chi connectivity index (χ4v) is 2.22. The van der Waals surface area contributed by atoms with Crippen LogP contribution < -0.4 is 5.32 Å². The smallest absolute Gasteiger partial charge is 0.133 e. The molecule has 4 nitrogen and oxygen atoms in total. The summed E-state index contributed by atoms with van der Waals surface area (Å²) in [5, 5.41) is 12.7. The van der Waals surface area contributed by atoms with E-state index in [-0.39, 0.29) is 5.75 Å². The van der Waals surface area contributed by atoms with E-state index in [2.05, 4.69) is 22.1 Å². The molecule has 1 aromatic rings. The number of nitrogens with one attached hydrogen (secondary N) is 1. The summed E-state index contributed by atoms with van der Waals surface area (Å²) in [6, 6.07) is 4.15. The van der Waals surface area contributed by atoms with Crippen molar-refractivity contribution in [2.75, 3.05) is 19.6 Å². The first kappa shape index (κ1) is 12.3. The van der Waals surface area contributed by atoms with E-state index in [9.17, 15) is 0 Å². The zero-order valence-electron chi connectivity index (χ0n) is 10.4. The quantitative estimate of drug-likeness (QED) is 0.827. The van der Waals surface area contributed by atoms with E-state index >= 15 is 0 Å². The zero-order chi connectivity index (χ0) is 12.1. The topological polar surface area (TPSA) is 48.4 Å². The molecule has 0 atom stereocenters. The minimum absolute atomic E-state index is 0.227. The molecule has 17 heavy (non-hydrogen) atoms. The van der Waals surface area contributed by atoms with E-state index in [1.54, 1.807) is 6.07 Å². The van der Waals surface area contributed by atoms with Crippen LogP contribution in [0.5, 0.6) is 5.75 Å². The summed E-state index contributed by atoms with van der Waals surface area (Å²) in [6.07, 6.45) is 3.93. The van der Waals surface area contributed by atoms with Crippen LogP contribution in [-0.2, 0) is 6.54 Å². The van der Waals surface area contributed by atoms with Crippen molar-refractivity contribution in [1.82, 2.24) is 15.2 Å². The average Bonchev–Trinajstić information content (AvgIpc) is 2.39.